The third-order valence-corrected chi connectivity index (χ3v) is 4.40. The summed E-state index contributed by atoms with van der Waals surface area (Å²) in [7, 11) is 0. The fraction of sp³-hybridized carbons (Fsp3) is 0.292. The van der Waals surface area contributed by atoms with Crippen LogP contribution >= 0.6 is 0 Å². The number of carbonyl (C=O) groups excluding carboxylic acids is 1. The molecule has 1 amide bonds. The summed E-state index contributed by atoms with van der Waals surface area (Å²) in [6, 6.07) is 13.3. The van der Waals surface area contributed by atoms with Gasteiger partial charge >= 0.3 is 0 Å². The predicted molar refractivity (Wildman–Crippen MR) is 116 cm³/mol. The maximum atomic E-state index is 12.2. The van der Waals surface area contributed by atoms with E-state index in [9.17, 15) is 18.7 Å². The molecule has 1 aromatic heterocycles. The summed E-state index contributed by atoms with van der Waals surface area (Å²) in [5.74, 6) is -1.29. The van der Waals surface area contributed by atoms with E-state index in [4.69, 9.17) is 4.42 Å². The monoisotopic (exact) mass is 430 g/mol. The van der Waals surface area contributed by atoms with Crippen LogP contribution in [0.15, 0.2) is 65.5 Å². The quantitative estimate of drug-likeness (QED) is 0.505. The molecule has 2 aromatic carbocycles. The van der Waals surface area contributed by atoms with Gasteiger partial charge in [0, 0.05) is 25.7 Å². The maximum absolute atomic E-state index is 12.2. The fourth-order valence-corrected chi connectivity index (χ4v) is 2.81. The van der Waals surface area contributed by atoms with Crippen molar-refractivity contribution >= 4 is 5.91 Å². The number of rotatable bonds is 8. The van der Waals surface area contributed by atoms with Gasteiger partial charge in [0.2, 0.25) is 0 Å². The van der Waals surface area contributed by atoms with Crippen LogP contribution in [0, 0.1) is 18.6 Å². The first-order chi connectivity index (χ1) is 14.9. The molecular weight excluding hydrogens is 402 g/mol. The van der Waals surface area contributed by atoms with Crippen LogP contribution in [0.1, 0.15) is 34.0 Å². The molecule has 0 aliphatic carbocycles. The Kier molecular flexibility index (Phi) is 9.87. The minimum Gasteiger partial charge on any atom is -0.472 e. The molecule has 7 heteroatoms. The number of aliphatic hydroxyl groups is 1. The van der Waals surface area contributed by atoms with Gasteiger partial charge in [-0.05, 0) is 48.2 Å². The highest BCUT2D eigenvalue weighted by Crippen LogP contribution is 2.06. The van der Waals surface area contributed by atoms with Crippen LogP contribution in [-0.4, -0.2) is 30.2 Å². The van der Waals surface area contributed by atoms with Crippen molar-refractivity contribution in [3.05, 3.63) is 94.9 Å². The van der Waals surface area contributed by atoms with Gasteiger partial charge in [-0.3, -0.25) is 4.79 Å². The lowest BCUT2D eigenvalue weighted by atomic mass is 10.1. The zero-order valence-electron chi connectivity index (χ0n) is 17.7. The average molecular weight is 430 g/mol. The van der Waals surface area contributed by atoms with Gasteiger partial charge in [0.05, 0.1) is 17.9 Å². The molecule has 0 saturated carbocycles. The lowest BCUT2D eigenvalue weighted by Crippen LogP contribution is -2.37. The van der Waals surface area contributed by atoms with Crippen LogP contribution in [0.2, 0.25) is 0 Å². The topological polar surface area (TPSA) is 74.5 Å². The molecular formula is C24H28F2N2O3. The van der Waals surface area contributed by atoms with Crippen LogP contribution < -0.4 is 10.6 Å². The second kappa shape index (κ2) is 12.6. The molecule has 0 aliphatic heterocycles. The standard InChI is InChI=1S/C17H22N2O3.C7H6F2/c1-2-13-4-3-5-14(8-13)9-18-10-16(20)11-19-17(21)15-6-7-22-12-15;1-5-2-6(8)4-7(9)3-5/h3-8,12,16,18,20H,2,9-11H2,1H3,(H,19,21);2-4H,1H3. The molecule has 0 bridgehead atoms. The van der Waals surface area contributed by atoms with Crippen molar-refractivity contribution in [2.45, 2.75) is 32.9 Å². The van der Waals surface area contributed by atoms with Gasteiger partial charge in [-0.2, -0.15) is 0 Å². The number of aryl methyl sites for hydroxylation is 2. The highest BCUT2D eigenvalue weighted by atomic mass is 19.1. The first-order valence-electron chi connectivity index (χ1n) is 10.1. The summed E-state index contributed by atoms with van der Waals surface area (Å²) >= 11 is 0. The third-order valence-electron chi connectivity index (χ3n) is 4.40. The summed E-state index contributed by atoms with van der Waals surface area (Å²) in [6.07, 6.45) is 3.19. The molecule has 3 rings (SSSR count). The lowest BCUT2D eigenvalue weighted by molar-refractivity contribution is 0.0914. The van der Waals surface area contributed by atoms with Gasteiger partial charge in [-0.1, -0.05) is 31.2 Å². The van der Waals surface area contributed by atoms with Gasteiger partial charge in [0.25, 0.3) is 5.91 Å². The van der Waals surface area contributed by atoms with Crippen LogP contribution in [0.5, 0.6) is 0 Å². The highest BCUT2D eigenvalue weighted by Gasteiger charge is 2.09. The summed E-state index contributed by atoms with van der Waals surface area (Å²) in [5, 5.41) is 15.7. The number of furan rings is 1. The minimum atomic E-state index is -0.634. The third kappa shape index (κ3) is 9.11. The number of hydrogen-bond donors (Lipinski definition) is 3. The summed E-state index contributed by atoms with van der Waals surface area (Å²) in [4.78, 5) is 11.7. The van der Waals surface area contributed by atoms with Crippen molar-refractivity contribution in [3.8, 4) is 0 Å². The Morgan fingerprint density at radius 2 is 1.77 bits per heavy atom. The second-order valence-electron chi connectivity index (χ2n) is 7.13. The Morgan fingerprint density at radius 3 is 2.39 bits per heavy atom. The van der Waals surface area contributed by atoms with E-state index in [0.29, 0.717) is 24.2 Å². The van der Waals surface area contributed by atoms with Gasteiger partial charge in [0.15, 0.2) is 0 Å². The van der Waals surface area contributed by atoms with E-state index in [-0.39, 0.29) is 12.5 Å². The first-order valence-corrected chi connectivity index (χ1v) is 10.1. The smallest absolute Gasteiger partial charge is 0.254 e. The summed E-state index contributed by atoms with van der Waals surface area (Å²) in [6.45, 7) is 5.08. The van der Waals surface area contributed by atoms with Crippen LogP contribution in [0.4, 0.5) is 8.78 Å². The Balaban J connectivity index is 0.000000316. The van der Waals surface area contributed by atoms with E-state index in [1.165, 1.54) is 35.8 Å². The number of amides is 1. The van der Waals surface area contributed by atoms with Crippen molar-refractivity contribution in [1.82, 2.24) is 10.6 Å². The lowest BCUT2D eigenvalue weighted by Gasteiger charge is -2.13. The molecule has 3 aromatic rings. The summed E-state index contributed by atoms with van der Waals surface area (Å²) < 4.78 is 29.2. The van der Waals surface area contributed by atoms with E-state index in [2.05, 4.69) is 35.8 Å². The highest BCUT2D eigenvalue weighted by molar-refractivity contribution is 5.93. The molecule has 5 nitrogen and oxygen atoms in total. The molecule has 0 radical (unpaired) electrons. The van der Waals surface area contributed by atoms with Crippen molar-refractivity contribution < 1.29 is 23.1 Å². The van der Waals surface area contributed by atoms with Gasteiger partial charge < -0.3 is 20.2 Å². The molecule has 166 valence electrons. The average Bonchev–Trinajstić information content (AvgIpc) is 3.27. The van der Waals surface area contributed by atoms with Gasteiger partial charge in [-0.25, -0.2) is 8.78 Å². The number of nitrogens with one attached hydrogen (secondary N) is 2. The molecule has 1 atom stereocenters. The Morgan fingerprint density at radius 1 is 1.06 bits per heavy atom. The van der Waals surface area contributed by atoms with Crippen LogP contribution in [-0.2, 0) is 13.0 Å². The second-order valence-corrected chi connectivity index (χ2v) is 7.13. The van der Waals surface area contributed by atoms with Crippen molar-refractivity contribution in [2.75, 3.05) is 13.1 Å². The molecule has 3 N–H and O–H groups in total. The first kappa shape index (κ1) is 24.2. The zero-order valence-corrected chi connectivity index (χ0v) is 17.7. The van der Waals surface area contributed by atoms with Crippen molar-refractivity contribution in [2.24, 2.45) is 0 Å². The van der Waals surface area contributed by atoms with Crippen LogP contribution in [0.3, 0.4) is 0 Å². The maximum Gasteiger partial charge on any atom is 0.254 e. The number of benzene rings is 2. The molecule has 0 fully saturated rings. The molecule has 1 heterocycles. The molecule has 1 unspecified atom stereocenters. The largest absolute Gasteiger partial charge is 0.472 e. The number of hydrogen-bond acceptors (Lipinski definition) is 4. The van der Waals surface area contributed by atoms with Crippen LogP contribution in [0.25, 0.3) is 0 Å². The number of carbonyl (C=O) groups is 1. The number of aliphatic hydroxyl groups excluding tert-OH is 1. The fourth-order valence-electron chi connectivity index (χ4n) is 2.81. The van der Waals surface area contributed by atoms with Crippen molar-refractivity contribution in [3.63, 3.8) is 0 Å². The molecule has 0 saturated heterocycles. The van der Waals surface area contributed by atoms with Gasteiger partial charge in [-0.15, -0.1) is 0 Å². The normalized spacial score (nSPS) is 11.4. The van der Waals surface area contributed by atoms with Gasteiger partial charge in [0.1, 0.15) is 17.9 Å². The van der Waals surface area contributed by atoms with E-state index in [0.717, 1.165) is 12.5 Å². The minimum absolute atomic E-state index is 0.200. The molecule has 31 heavy (non-hydrogen) atoms. The Hall–Kier alpha value is -3.03. The Bertz CT molecular complexity index is 895. The van der Waals surface area contributed by atoms with E-state index in [1.807, 2.05) is 6.07 Å². The summed E-state index contributed by atoms with van der Waals surface area (Å²) in [5.41, 5.74) is 3.55. The van der Waals surface area contributed by atoms with E-state index < -0.39 is 17.7 Å². The molecule has 0 spiro atoms. The Labute approximate surface area is 181 Å². The van der Waals surface area contributed by atoms with Crippen molar-refractivity contribution in [1.29, 1.82) is 0 Å². The SMILES string of the molecule is CCc1cccc(CNCC(O)CNC(=O)c2ccoc2)c1.Cc1cc(F)cc(F)c1. The molecule has 0 aliphatic rings. The van der Waals surface area contributed by atoms with E-state index in [1.54, 1.807) is 13.0 Å². The number of halogens is 2. The van der Waals surface area contributed by atoms with E-state index >= 15 is 0 Å². The predicted octanol–water partition coefficient (Wildman–Crippen LogP) is 4.00. The zero-order chi connectivity index (χ0) is 22.6.